The number of methoxy groups -OCH3 is 1. The van der Waals surface area contributed by atoms with E-state index < -0.39 is 10.2 Å². The zero-order valence-corrected chi connectivity index (χ0v) is 15.0. The minimum absolute atomic E-state index is 0.0670. The Morgan fingerprint density at radius 1 is 1.19 bits per heavy atom. The molecule has 0 bridgehead atoms. The summed E-state index contributed by atoms with van der Waals surface area (Å²) >= 11 is 1.33. The van der Waals surface area contributed by atoms with Crippen LogP contribution in [-0.2, 0) is 9.59 Å². The predicted molar refractivity (Wildman–Crippen MR) is 97.6 cm³/mol. The van der Waals surface area contributed by atoms with Crippen molar-refractivity contribution < 1.29 is 19.2 Å². The average molecular weight is 372 g/mol. The van der Waals surface area contributed by atoms with Crippen LogP contribution in [0.25, 0.3) is 0 Å². The number of hydrogen-bond donors (Lipinski definition) is 0. The second kappa shape index (κ2) is 7.17. The molecule has 2 amide bonds. The number of rotatable bonds is 5. The van der Waals surface area contributed by atoms with Crippen molar-refractivity contribution in [3.63, 3.8) is 0 Å². The number of carbonyl (C=O) groups is 2. The monoisotopic (exact) mass is 372 g/mol. The Morgan fingerprint density at radius 2 is 1.88 bits per heavy atom. The van der Waals surface area contributed by atoms with Gasteiger partial charge in [-0.2, -0.15) is 0 Å². The molecule has 1 atom stereocenters. The van der Waals surface area contributed by atoms with Gasteiger partial charge in [-0.1, -0.05) is 17.7 Å². The fourth-order valence-corrected chi connectivity index (χ4v) is 3.75. The average Bonchev–Trinajstić information content (AvgIpc) is 2.89. The van der Waals surface area contributed by atoms with Crippen LogP contribution in [0.15, 0.2) is 47.4 Å². The van der Waals surface area contributed by atoms with Gasteiger partial charge in [0.2, 0.25) is 11.8 Å². The fraction of sp³-hybridized carbons (Fsp3) is 0.222. The van der Waals surface area contributed by atoms with Crippen LogP contribution in [0.2, 0.25) is 0 Å². The van der Waals surface area contributed by atoms with Gasteiger partial charge in [-0.15, -0.1) is 11.8 Å². The Bertz CT molecular complexity index is 882. The van der Waals surface area contributed by atoms with Crippen molar-refractivity contribution in [1.29, 1.82) is 0 Å². The van der Waals surface area contributed by atoms with Crippen LogP contribution >= 0.6 is 11.8 Å². The van der Waals surface area contributed by atoms with E-state index in [1.165, 1.54) is 37.1 Å². The first-order valence-corrected chi connectivity index (χ1v) is 8.71. The van der Waals surface area contributed by atoms with E-state index in [1.807, 2.05) is 31.2 Å². The number of amides is 2. The molecule has 7 nitrogen and oxygen atoms in total. The molecule has 0 saturated carbocycles. The maximum absolute atomic E-state index is 12.8. The Kier molecular flexibility index (Phi) is 4.94. The molecule has 2 aromatic carbocycles. The molecule has 0 aliphatic carbocycles. The molecule has 26 heavy (non-hydrogen) atoms. The molecule has 1 fully saturated rings. The third-order valence-electron chi connectivity index (χ3n) is 4.02. The SMILES string of the molecule is COc1cc([N+](=O)[O-])ccc1N1C(=O)C[C@@H](Sc2ccc(C)cc2)C1=O. The lowest BCUT2D eigenvalue weighted by Gasteiger charge is -2.17. The molecule has 1 aliphatic rings. The first kappa shape index (κ1) is 17.9. The number of non-ortho nitro benzene ring substituents is 1. The van der Waals surface area contributed by atoms with Crippen LogP contribution in [0, 0.1) is 17.0 Å². The number of thioether (sulfide) groups is 1. The number of benzene rings is 2. The molecule has 1 saturated heterocycles. The highest BCUT2D eigenvalue weighted by atomic mass is 32.2. The van der Waals surface area contributed by atoms with Gasteiger partial charge in [0.05, 0.1) is 29.0 Å². The van der Waals surface area contributed by atoms with Gasteiger partial charge >= 0.3 is 0 Å². The van der Waals surface area contributed by atoms with E-state index in [2.05, 4.69) is 0 Å². The molecular formula is C18H16N2O5S. The maximum Gasteiger partial charge on any atom is 0.273 e. The number of ether oxygens (including phenoxy) is 1. The molecule has 3 rings (SSSR count). The van der Waals surface area contributed by atoms with Crippen molar-refractivity contribution >= 4 is 35.0 Å². The highest BCUT2D eigenvalue weighted by Crippen LogP contribution is 2.39. The minimum atomic E-state index is -0.560. The topological polar surface area (TPSA) is 89.8 Å². The zero-order valence-electron chi connectivity index (χ0n) is 14.2. The molecule has 0 spiro atoms. The van der Waals surface area contributed by atoms with Crippen molar-refractivity contribution in [2.75, 3.05) is 12.0 Å². The summed E-state index contributed by atoms with van der Waals surface area (Å²) < 4.78 is 5.15. The van der Waals surface area contributed by atoms with Gasteiger partial charge in [-0.25, -0.2) is 4.90 Å². The highest BCUT2D eigenvalue weighted by molar-refractivity contribution is 8.00. The first-order valence-electron chi connectivity index (χ1n) is 7.83. The molecule has 1 aliphatic heterocycles. The summed E-state index contributed by atoms with van der Waals surface area (Å²) in [6.45, 7) is 1.97. The van der Waals surface area contributed by atoms with Crippen molar-refractivity contribution in [3.8, 4) is 5.75 Å². The molecule has 0 radical (unpaired) electrons. The van der Waals surface area contributed by atoms with E-state index in [9.17, 15) is 19.7 Å². The van der Waals surface area contributed by atoms with E-state index in [4.69, 9.17) is 4.74 Å². The van der Waals surface area contributed by atoms with Crippen molar-refractivity contribution in [3.05, 3.63) is 58.1 Å². The van der Waals surface area contributed by atoms with E-state index >= 15 is 0 Å². The van der Waals surface area contributed by atoms with E-state index in [0.29, 0.717) is 0 Å². The van der Waals surface area contributed by atoms with Crippen LogP contribution in [0.3, 0.4) is 0 Å². The number of nitro benzene ring substituents is 1. The quantitative estimate of drug-likeness (QED) is 0.454. The maximum atomic E-state index is 12.8. The van der Waals surface area contributed by atoms with Gasteiger partial charge in [0.1, 0.15) is 5.75 Å². The summed E-state index contributed by atoms with van der Waals surface area (Å²) in [6.07, 6.45) is 0.0670. The largest absolute Gasteiger partial charge is 0.494 e. The summed E-state index contributed by atoms with van der Waals surface area (Å²) in [7, 11) is 1.34. The first-order chi connectivity index (χ1) is 12.4. The van der Waals surface area contributed by atoms with Crippen molar-refractivity contribution in [2.45, 2.75) is 23.5 Å². The predicted octanol–water partition coefficient (Wildman–Crippen LogP) is 3.34. The number of carbonyl (C=O) groups excluding carboxylic acids is 2. The van der Waals surface area contributed by atoms with Gasteiger partial charge in [-0.05, 0) is 25.1 Å². The summed E-state index contributed by atoms with van der Waals surface area (Å²) in [4.78, 5) is 37.5. The number of hydrogen-bond acceptors (Lipinski definition) is 6. The molecule has 0 N–H and O–H groups in total. The molecule has 8 heteroatoms. The van der Waals surface area contributed by atoms with Gasteiger partial charge in [0.25, 0.3) is 5.69 Å². The lowest BCUT2D eigenvalue weighted by Crippen LogP contribution is -2.31. The number of anilines is 1. The van der Waals surface area contributed by atoms with Crippen LogP contribution in [0.4, 0.5) is 11.4 Å². The molecule has 2 aromatic rings. The lowest BCUT2D eigenvalue weighted by atomic mass is 10.2. The number of nitro groups is 1. The minimum Gasteiger partial charge on any atom is -0.494 e. The van der Waals surface area contributed by atoms with Crippen LogP contribution < -0.4 is 9.64 Å². The van der Waals surface area contributed by atoms with Gasteiger partial charge in [0.15, 0.2) is 0 Å². The lowest BCUT2D eigenvalue weighted by molar-refractivity contribution is -0.384. The number of nitrogens with zero attached hydrogens (tertiary/aromatic N) is 2. The molecule has 1 heterocycles. The van der Waals surface area contributed by atoms with E-state index in [0.717, 1.165) is 15.4 Å². The normalized spacial score (nSPS) is 16.8. The summed E-state index contributed by atoms with van der Waals surface area (Å²) in [6, 6.07) is 11.5. The summed E-state index contributed by atoms with van der Waals surface area (Å²) in [5, 5.41) is 10.4. The Labute approximate surface area is 154 Å². The molecule has 134 valence electrons. The molecular weight excluding hydrogens is 356 g/mol. The molecule has 0 unspecified atom stereocenters. The fourth-order valence-electron chi connectivity index (χ4n) is 2.69. The Balaban J connectivity index is 1.87. The molecule has 0 aromatic heterocycles. The van der Waals surface area contributed by atoms with Gasteiger partial charge in [0, 0.05) is 17.4 Å². The Morgan fingerprint density at radius 3 is 2.50 bits per heavy atom. The zero-order chi connectivity index (χ0) is 18.8. The van der Waals surface area contributed by atoms with Crippen molar-refractivity contribution in [1.82, 2.24) is 0 Å². The third-order valence-corrected chi connectivity index (χ3v) is 5.22. The standard InChI is InChI=1S/C18H16N2O5S/c1-11-3-6-13(7-4-11)26-16-10-17(21)19(18(16)22)14-8-5-12(20(23)24)9-15(14)25-2/h3-9,16H,10H2,1-2H3/t16-/m1/s1. The van der Waals surface area contributed by atoms with Crippen LogP contribution in [-0.4, -0.2) is 29.1 Å². The van der Waals surface area contributed by atoms with Crippen molar-refractivity contribution in [2.24, 2.45) is 0 Å². The van der Waals surface area contributed by atoms with E-state index in [-0.39, 0.29) is 35.4 Å². The van der Waals surface area contributed by atoms with Gasteiger partial charge < -0.3 is 4.74 Å². The van der Waals surface area contributed by atoms with Gasteiger partial charge in [-0.3, -0.25) is 19.7 Å². The Hall–Kier alpha value is -2.87. The number of aryl methyl sites for hydroxylation is 1. The number of imide groups is 1. The second-order valence-electron chi connectivity index (χ2n) is 5.80. The second-order valence-corrected chi connectivity index (χ2v) is 7.08. The third kappa shape index (κ3) is 3.41. The van der Waals surface area contributed by atoms with E-state index in [1.54, 1.807) is 0 Å². The highest BCUT2D eigenvalue weighted by Gasteiger charge is 2.41. The van der Waals surface area contributed by atoms with Crippen LogP contribution in [0.1, 0.15) is 12.0 Å². The smallest absolute Gasteiger partial charge is 0.273 e. The summed E-state index contributed by atoms with van der Waals surface area (Å²) in [5.74, 6) is -0.596. The van der Waals surface area contributed by atoms with Crippen LogP contribution in [0.5, 0.6) is 5.75 Å². The summed E-state index contributed by atoms with van der Waals surface area (Å²) in [5.41, 5.74) is 1.16.